The molecule has 0 radical (unpaired) electrons. The Hall–Kier alpha value is -1.19. The highest BCUT2D eigenvalue weighted by Crippen LogP contribution is 2.40. The van der Waals surface area contributed by atoms with E-state index in [0.717, 1.165) is 12.8 Å². The van der Waals surface area contributed by atoms with Crippen LogP contribution in [-0.2, 0) is 6.18 Å². The Morgan fingerprint density at radius 1 is 1.17 bits per heavy atom. The summed E-state index contributed by atoms with van der Waals surface area (Å²) in [7, 11) is 0. The third-order valence-corrected chi connectivity index (χ3v) is 5.01. The highest BCUT2D eigenvalue weighted by Gasteiger charge is 2.36. The van der Waals surface area contributed by atoms with Crippen molar-refractivity contribution < 1.29 is 13.2 Å². The Morgan fingerprint density at radius 2 is 1.87 bits per heavy atom. The summed E-state index contributed by atoms with van der Waals surface area (Å²) >= 11 is 0. The standard InChI is InChI=1S/C19H28F3N/c1-5-6-16-9-14(3)11-23(12-15(16)4)18-8-7-13(2)10-17(18)19(20,21)22/h7-8,10,14-16H,5-6,9,11-12H2,1-4H3/t14-,15-,16?/m1/s1. The van der Waals surface area contributed by atoms with Crippen molar-refractivity contribution in [3.8, 4) is 0 Å². The predicted molar refractivity (Wildman–Crippen MR) is 89.7 cm³/mol. The molecule has 1 aliphatic heterocycles. The van der Waals surface area contributed by atoms with Gasteiger partial charge in [-0.1, -0.05) is 45.2 Å². The first-order valence-electron chi connectivity index (χ1n) is 8.65. The highest BCUT2D eigenvalue weighted by molar-refractivity contribution is 5.56. The molecule has 0 saturated carbocycles. The lowest BCUT2D eigenvalue weighted by molar-refractivity contribution is -0.137. The van der Waals surface area contributed by atoms with E-state index in [1.54, 1.807) is 19.1 Å². The predicted octanol–water partition coefficient (Wildman–Crippen LogP) is 5.91. The maximum atomic E-state index is 13.4. The van der Waals surface area contributed by atoms with Crippen molar-refractivity contribution >= 4 is 5.69 Å². The van der Waals surface area contributed by atoms with Crippen LogP contribution in [0.4, 0.5) is 18.9 Å². The van der Waals surface area contributed by atoms with Crippen molar-refractivity contribution in [2.24, 2.45) is 17.8 Å². The van der Waals surface area contributed by atoms with E-state index >= 15 is 0 Å². The normalized spacial score (nSPS) is 26.2. The van der Waals surface area contributed by atoms with Gasteiger partial charge in [-0.15, -0.1) is 0 Å². The van der Waals surface area contributed by atoms with Crippen LogP contribution in [0.3, 0.4) is 0 Å². The summed E-state index contributed by atoms with van der Waals surface area (Å²) in [4.78, 5) is 1.97. The molecule has 0 N–H and O–H groups in total. The van der Waals surface area contributed by atoms with Crippen molar-refractivity contribution in [2.45, 2.75) is 53.1 Å². The molecule has 0 amide bonds. The van der Waals surface area contributed by atoms with Gasteiger partial charge >= 0.3 is 6.18 Å². The highest BCUT2D eigenvalue weighted by atomic mass is 19.4. The Kier molecular flexibility index (Phi) is 5.64. The van der Waals surface area contributed by atoms with Gasteiger partial charge in [-0.3, -0.25) is 0 Å². The largest absolute Gasteiger partial charge is 0.418 e. The number of alkyl halides is 3. The summed E-state index contributed by atoms with van der Waals surface area (Å²) in [6, 6.07) is 4.71. The number of benzene rings is 1. The second-order valence-corrected chi connectivity index (χ2v) is 7.29. The molecule has 0 aliphatic carbocycles. The molecule has 1 unspecified atom stereocenters. The summed E-state index contributed by atoms with van der Waals surface area (Å²) < 4.78 is 40.3. The van der Waals surface area contributed by atoms with Gasteiger partial charge in [0.05, 0.1) is 5.56 Å². The van der Waals surface area contributed by atoms with Gasteiger partial charge in [-0.05, 0) is 43.2 Å². The van der Waals surface area contributed by atoms with E-state index in [9.17, 15) is 13.2 Å². The summed E-state index contributed by atoms with van der Waals surface area (Å²) in [5.74, 6) is 1.45. The Labute approximate surface area is 137 Å². The van der Waals surface area contributed by atoms with Crippen LogP contribution >= 0.6 is 0 Å². The zero-order valence-corrected chi connectivity index (χ0v) is 14.6. The van der Waals surface area contributed by atoms with E-state index in [-0.39, 0.29) is 0 Å². The Bertz CT molecular complexity index is 524. The number of aryl methyl sites for hydroxylation is 1. The topological polar surface area (TPSA) is 3.24 Å². The number of nitrogens with zero attached hydrogens (tertiary/aromatic N) is 1. The van der Waals surface area contributed by atoms with E-state index in [1.807, 2.05) is 4.90 Å². The third-order valence-electron chi connectivity index (χ3n) is 5.01. The van der Waals surface area contributed by atoms with Crippen LogP contribution in [0.2, 0.25) is 0 Å². The second kappa shape index (κ2) is 7.14. The van der Waals surface area contributed by atoms with Gasteiger partial charge in [-0.25, -0.2) is 0 Å². The zero-order valence-electron chi connectivity index (χ0n) is 14.6. The Balaban J connectivity index is 2.34. The van der Waals surface area contributed by atoms with Crippen LogP contribution in [0.1, 0.15) is 51.2 Å². The fraction of sp³-hybridized carbons (Fsp3) is 0.684. The number of rotatable bonds is 3. The van der Waals surface area contributed by atoms with Crippen LogP contribution in [-0.4, -0.2) is 13.1 Å². The van der Waals surface area contributed by atoms with E-state index in [4.69, 9.17) is 0 Å². The van der Waals surface area contributed by atoms with Crippen LogP contribution < -0.4 is 4.90 Å². The van der Waals surface area contributed by atoms with Crippen molar-refractivity contribution in [1.82, 2.24) is 0 Å². The fourth-order valence-corrected chi connectivity index (χ4v) is 3.89. The van der Waals surface area contributed by atoms with Gasteiger partial charge in [0.2, 0.25) is 0 Å². The average molecular weight is 327 g/mol. The van der Waals surface area contributed by atoms with Crippen LogP contribution in [0.25, 0.3) is 0 Å². The molecule has 0 aromatic heterocycles. The van der Waals surface area contributed by atoms with Crippen LogP contribution in [0.15, 0.2) is 18.2 Å². The molecule has 0 spiro atoms. The first kappa shape index (κ1) is 18.2. The number of hydrogen-bond acceptors (Lipinski definition) is 1. The van der Waals surface area contributed by atoms with E-state index in [0.29, 0.717) is 42.1 Å². The molecule has 2 rings (SSSR count). The van der Waals surface area contributed by atoms with Gasteiger partial charge in [0.1, 0.15) is 0 Å². The molecule has 23 heavy (non-hydrogen) atoms. The van der Waals surface area contributed by atoms with Gasteiger partial charge in [-0.2, -0.15) is 13.2 Å². The van der Waals surface area contributed by atoms with Gasteiger partial charge in [0.25, 0.3) is 0 Å². The maximum absolute atomic E-state index is 13.4. The number of halogens is 3. The summed E-state index contributed by atoms with van der Waals surface area (Å²) in [6.07, 6.45) is -0.888. The molecule has 1 nitrogen and oxygen atoms in total. The summed E-state index contributed by atoms with van der Waals surface area (Å²) in [6.45, 7) is 9.66. The molecule has 1 aromatic carbocycles. The molecule has 1 saturated heterocycles. The molecular weight excluding hydrogens is 299 g/mol. The van der Waals surface area contributed by atoms with Crippen molar-refractivity contribution in [3.63, 3.8) is 0 Å². The molecule has 3 atom stereocenters. The SMILES string of the molecule is CCCC1C[C@@H](C)CN(c2ccc(C)cc2C(F)(F)F)C[C@H]1C. The van der Waals surface area contributed by atoms with Crippen molar-refractivity contribution in [2.75, 3.05) is 18.0 Å². The van der Waals surface area contributed by atoms with Crippen LogP contribution in [0, 0.1) is 24.7 Å². The van der Waals surface area contributed by atoms with Gasteiger partial charge in [0.15, 0.2) is 0 Å². The lowest BCUT2D eigenvalue weighted by Gasteiger charge is -2.30. The quantitative estimate of drug-likeness (QED) is 0.667. The third kappa shape index (κ3) is 4.42. The Morgan fingerprint density at radius 3 is 2.48 bits per heavy atom. The second-order valence-electron chi connectivity index (χ2n) is 7.29. The lowest BCUT2D eigenvalue weighted by Crippen LogP contribution is -2.32. The fourth-order valence-electron chi connectivity index (χ4n) is 3.89. The van der Waals surface area contributed by atoms with Gasteiger partial charge < -0.3 is 4.90 Å². The number of hydrogen-bond donors (Lipinski definition) is 0. The molecule has 0 bridgehead atoms. The lowest BCUT2D eigenvalue weighted by atomic mass is 9.84. The molecule has 1 fully saturated rings. The first-order chi connectivity index (χ1) is 10.7. The van der Waals surface area contributed by atoms with Gasteiger partial charge in [0, 0.05) is 18.8 Å². The minimum absolute atomic E-state index is 0.346. The molecular formula is C19H28F3N. The van der Waals surface area contributed by atoms with Crippen molar-refractivity contribution in [3.05, 3.63) is 29.3 Å². The first-order valence-corrected chi connectivity index (χ1v) is 8.65. The molecule has 4 heteroatoms. The minimum atomic E-state index is -4.30. The van der Waals surface area contributed by atoms with E-state index < -0.39 is 11.7 Å². The zero-order chi connectivity index (χ0) is 17.2. The van der Waals surface area contributed by atoms with Crippen LogP contribution in [0.5, 0.6) is 0 Å². The van der Waals surface area contributed by atoms with E-state index in [1.165, 1.54) is 12.5 Å². The molecule has 1 aromatic rings. The maximum Gasteiger partial charge on any atom is 0.418 e. The van der Waals surface area contributed by atoms with Crippen molar-refractivity contribution in [1.29, 1.82) is 0 Å². The summed E-state index contributed by atoms with van der Waals surface area (Å²) in [5.41, 5.74) is 0.505. The molecule has 1 aliphatic rings. The average Bonchev–Trinajstić information content (AvgIpc) is 2.57. The summed E-state index contributed by atoms with van der Waals surface area (Å²) in [5, 5.41) is 0. The molecule has 1 heterocycles. The number of anilines is 1. The molecule has 130 valence electrons. The smallest absolute Gasteiger partial charge is 0.370 e. The monoisotopic (exact) mass is 327 g/mol. The minimum Gasteiger partial charge on any atom is -0.370 e. The van der Waals surface area contributed by atoms with E-state index in [2.05, 4.69) is 20.8 Å².